The number of nitrogens with zero attached hydrogens (tertiary/aromatic N) is 3. The normalized spacial score (nSPS) is 12.2. The van der Waals surface area contributed by atoms with Gasteiger partial charge in [-0.25, -0.2) is 0 Å². The number of aromatic nitrogens is 1. The van der Waals surface area contributed by atoms with E-state index in [-0.39, 0.29) is 12.3 Å². The van der Waals surface area contributed by atoms with Crippen LogP contribution in [0.4, 0.5) is 0 Å². The van der Waals surface area contributed by atoms with Crippen molar-refractivity contribution in [2.75, 3.05) is 27.2 Å². The lowest BCUT2D eigenvalue weighted by Crippen LogP contribution is -2.46. The summed E-state index contributed by atoms with van der Waals surface area (Å²) in [6.07, 6.45) is 2.97. The van der Waals surface area contributed by atoms with E-state index in [4.69, 9.17) is 10.8 Å². The Labute approximate surface area is 124 Å². The van der Waals surface area contributed by atoms with Crippen molar-refractivity contribution in [1.82, 2.24) is 14.8 Å². The fourth-order valence-corrected chi connectivity index (χ4v) is 1.81. The number of rotatable bonds is 8. The van der Waals surface area contributed by atoms with Crippen LogP contribution in [0.25, 0.3) is 0 Å². The zero-order valence-electron chi connectivity index (χ0n) is 12.4. The van der Waals surface area contributed by atoms with Gasteiger partial charge in [0.15, 0.2) is 0 Å². The third-order valence-electron chi connectivity index (χ3n) is 2.94. The Hall–Kier alpha value is -1.99. The van der Waals surface area contributed by atoms with E-state index < -0.39 is 12.0 Å². The van der Waals surface area contributed by atoms with E-state index in [0.717, 1.165) is 5.56 Å². The lowest BCUT2D eigenvalue weighted by Gasteiger charge is -2.26. The molecule has 0 aliphatic carbocycles. The van der Waals surface area contributed by atoms with Crippen molar-refractivity contribution in [2.45, 2.75) is 19.0 Å². The second kappa shape index (κ2) is 8.33. The number of pyridine rings is 1. The number of carboxylic acids is 1. The number of hydrogen-bond donors (Lipinski definition) is 2. The maximum absolute atomic E-state index is 12.3. The van der Waals surface area contributed by atoms with Crippen LogP contribution in [-0.4, -0.2) is 65.0 Å². The van der Waals surface area contributed by atoms with Gasteiger partial charge >= 0.3 is 5.97 Å². The van der Waals surface area contributed by atoms with Crippen LogP contribution in [0.5, 0.6) is 0 Å². The van der Waals surface area contributed by atoms with Crippen LogP contribution < -0.4 is 5.73 Å². The fourth-order valence-electron chi connectivity index (χ4n) is 1.81. The number of carboxylic acid groups (broad SMARTS) is 1. The summed E-state index contributed by atoms with van der Waals surface area (Å²) in [7, 11) is 3.81. The first kappa shape index (κ1) is 17.1. The molecule has 0 saturated carbocycles. The minimum atomic E-state index is -1.08. The minimum Gasteiger partial charge on any atom is -0.481 e. The standard InChI is InChI=1S/C14H22N4O3/c1-17(2)6-7-18(10-11-4-3-5-16-9-11)14(21)12(15)8-13(19)20/h3-5,9,12H,6-8,10,15H2,1-2H3,(H,19,20). The third-order valence-corrected chi connectivity index (χ3v) is 2.94. The Balaban J connectivity index is 2.75. The first-order valence-electron chi connectivity index (χ1n) is 6.70. The monoisotopic (exact) mass is 294 g/mol. The molecule has 0 aliphatic heterocycles. The van der Waals surface area contributed by atoms with E-state index in [1.807, 2.05) is 25.1 Å². The van der Waals surface area contributed by atoms with Gasteiger partial charge in [0.05, 0.1) is 12.5 Å². The molecule has 1 unspecified atom stereocenters. The maximum atomic E-state index is 12.3. The van der Waals surface area contributed by atoms with Crippen LogP contribution in [0.2, 0.25) is 0 Å². The molecule has 1 rings (SSSR count). The topological polar surface area (TPSA) is 99.8 Å². The van der Waals surface area contributed by atoms with Gasteiger partial charge < -0.3 is 20.6 Å². The number of amides is 1. The molecule has 0 radical (unpaired) electrons. The summed E-state index contributed by atoms with van der Waals surface area (Å²) in [5, 5.41) is 8.75. The zero-order chi connectivity index (χ0) is 15.8. The molecule has 1 amide bonds. The predicted molar refractivity (Wildman–Crippen MR) is 78.4 cm³/mol. The van der Waals surface area contributed by atoms with Crippen molar-refractivity contribution in [3.05, 3.63) is 30.1 Å². The van der Waals surface area contributed by atoms with Crippen LogP contribution in [-0.2, 0) is 16.1 Å². The van der Waals surface area contributed by atoms with E-state index in [2.05, 4.69) is 4.98 Å². The molecular formula is C14H22N4O3. The quantitative estimate of drug-likeness (QED) is 0.687. The Morgan fingerprint density at radius 1 is 1.38 bits per heavy atom. The van der Waals surface area contributed by atoms with Crippen molar-refractivity contribution in [2.24, 2.45) is 5.73 Å². The van der Waals surface area contributed by atoms with Gasteiger partial charge in [0, 0.05) is 32.0 Å². The van der Waals surface area contributed by atoms with Gasteiger partial charge in [0.25, 0.3) is 0 Å². The maximum Gasteiger partial charge on any atom is 0.305 e. The Kier molecular flexibility index (Phi) is 6.77. The summed E-state index contributed by atoms with van der Waals surface area (Å²) >= 11 is 0. The van der Waals surface area contributed by atoms with Crippen molar-refractivity contribution < 1.29 is 14.7 Å². The molecule has 116 valence electrons. The molecule has 0 saturated heterocycles. The number of aliphatic carboxylic acids is 1. The summed E-state index contributed by atoms with van der Waals surface area (Å²) in [6.45, 7) is 1.52. The molecule has 1 atom stereocenters. The molecule has 0 aromatic carbocycles. The largest absolute Gasteiger partial charge is 0.481 e. The van der Waals surface area contributed by atoms with Crippen molar-refractivity contribution in [1.29, 1.82) is 0 Å². The van der Waals surface area contributed by atoms with E-state index in [1.165, 1.54) is 0 Å². The minimum absolute atomic E-state index is 0.358. The summed E-state index contributed by atoms with van der Waals surface area (Å²) in [4.78, 5) is 30.5. The Morgan fingerprint density at radius 3 is 2.62 bits per heavy atom. The molecule has 1 aromatic heterocycles. The first-order valence-corrected chi connectivity index (χ1v) is 6.70. The summed E-state index contributed by atoms with van der Waals surface area (Å²) in [5.74, 6) is -1.44. The molecule has 7 heteroatoms. The average molecular weight is 294 g/mol. The van der Waals surface area contributed by atoms with Gasteiger partial charge in [-0.15, -0.1) is 0 Å². The smallest absolute Gasteiger partial charge is 0.305 e. The van der Waals surface area contributed by atoms with Crippen LogP contribution in [0.15, 0.2) is 24.5 Å². The number of carbonyl (C=O) groups excluding carboxylic acids is 1. The highest BCUT2D eigenvalue weighted by Crippen LogP contribution is 2.06. The summed E-state index contributed by atoms with van der Waals surface area (Å²) < 4.78 is 0. The lowest BCUT2D eigenvalue weighted by atomic mass is 10.1. The van der Waals surface area contributed by atoms with Crippen molar-refractivity contribution >= 4 is 11.9 Å². The van der Waals surface area contributed by atoms with Crippen LogP contribution in [0, 0.1) is 0 Å². The van der Waals surface area contributed by atoms with Crippen molar-refractivity contribution in [3.8, 4) is 0 Å². The van der Waals surface area contributed by atoms with E-state index in [1.54, 1.807) is 23.4 Å². The number of carbonyl (C=O) groups is 2. The van der Waals surface area contributed by atoms with Crippen LogP contribution in [0.3, 0.4) is 0 Å². The fraction of sp³-hybridized carbons (Fsp3) is 0.500. The molecule has 1 aromatic rings. The average Bonchev–Trinajstić information content (AvgIpc) is 2.42. The van der Waals surface area contributed by atoms with Gasteiger partial charge in [0.1, 0.15) is 0 Å². The molecule has 21 heavy (non-hydrogen) atoms. The molecule has 0 fully saturated rings. The SMILES string of the molecule is CN(C)CCN(Cc1cccnc1)C(=O)C(N)CC(=O)O. The molecule has 3 N–H and O–H groups in total. The molecule has 0 bridgehead atoms. The van der Waals surface area contributed by atoms with Gasteiger partial charge in [-0.1, -0.05) is 6.07 Å². The van der Waals surface area contributed by atoms with Crippen LogP contribution in [0.1, 0.15) is 12.0 Å². The van der Waals surface area contributed by atoms with E-state index in [9.17, 15) is 9.59 Å². The molecular weight excluding hydrogens is 272 g/mol. The first-order chi connectivity index (χ1) is 9.90. The number of likely N-dealkylation sites (N-methyl/N-ethyl adjacent to an activating group) is 1. The predicted octanol–water partition coefficient (Wildman–Crippen LogP) is -0.226. The second-order valence-corrected chi connectivity index (χ2v) is 5.13. The number of nitrogens with two attached hydrogens (primary N) is 1. The van der Waals surface area contributed by atoms with Gasteiger partial charge in [-0.3, -0.25) is 14.6 Å². The zero-order valence-corrected chi connectivity index (χ0v) is 12.4. The number of hydrogen-bond acceptors (Lipinski definition) is 5. The van der Waals surface area contributed by atoms with Crippen LogP contribution >= 0.6 is 0 Å². The molecule has 0 aliphatic rings. The molecule has 0 spiro atoms. The van der Waals surface area contributed by atoms with E-state index >= 15 is 0 Å². The highest BCUT2D eigenvalue weighted by molar-refractivity contribution is 5.86. The third kappa shape index (κ3) is 6.33. The molecule has 1 heterocycles. The summed E-state index contributed by atoms with van der Waals surface area (Å²) in [5.41, 5.74) is 6.56. The van der Waals surface area contributed by atoms with Gasteiger partial charge in [-0.05, 0) is 25.7 Å². The highest BCUT2D eigenvalue weighted by Gasteiger charge is 2.23. The van der Waals surface area contributed by atoms with Gasteiger partial charge in [0.2, 0.25) is 5.91 Å². The van der Waals surface area contributed by atoms with Gasteiger partial charge in [-0.2, -0.15) is 0 Å². The summed E-state index contributed by atoms with van der Waals surface area (Å²) in [6, 6.07) is 2.63. The molecule has 7 nitrogen and oxygen atoms in total. The second-order valence-electron chi connectivity index (χ2n) is 5.13. The Bertz CT molecular complexity index is 465. The highest BCUT2D eigenvalue weighted by atomic mass is 16.4. The Morgan fingerprint density at radius 2 is 2.10 bits per heavy atom. The lowest BCUT2D eigenvalue weighted by molar-refractivity contribution is -0.142. The van der Waals surface area contributed by atoms with Crippen molar-refractivity contribution in [3.63, 3.8) is 0 Å². The van der Waals surface area contributed by atoms with E-state index in [0.29, 0.717) is 19.6 Å².